The number of benzene rings is 9. The third-order valence-electron chi connectivity index (χ3n) is 10.7. The van der Waals surface area contributed by atoms with Crippen molar-refractivity contribution in [2.45, 2.75) is 0 Å². The van der Waals surface area contributed by atoms with E-state index in [2.05, 4.69) is 191 Å². The molecule has 2 heteroatoms. The molecule has 1 aliphatic rings. The van der Waals surface area contributed by atoms with Crippen molar-refractivity contribution in [2.24, 2.45) is 0 Å². The Morgan fingerprint density at radius 1 is 0.340 bits per heavy atom. The third-order valence-corrected chi connectivity index (χ3v) is 10.7. The summed E-state index contributed by atoms with van der Waals surface area (Å²) in [5.41, 5.74) is 12.2. The van der Waals surface area contributed by atoms with Gasteiger partial charge in [-0.25, -0.2) is 0 Å². The molecule has 0 bridgehead atoms. The zero-order valence-electron chi connectivity index (χ0n) is 27.2. The Bertz CT molecular complexity index is 2930. The van der Waals surface area contributed by atoms with Crippen LogP contribution in [0.2, 0.25) is 0 Å². The van der Waals surface area contributed by atoms with Gasteiger partial charge in [0.2, 0.25) is 0 Å². The zero-order valence-corrected chi connectivity index (χ0v) is 27.2. The van der Waals surface area contributed by atoms with Crippen molar-refractivity contribution in [1.29, 1.82) is 0 Å². The van der Waals surface area contributed by atoms with Gasteiger partial charge < -0.3 is 9.47 Å². The molecule has 0 N–H and O–H groups in total. The molecular weight excluding hydrogens is 605 g/mol. The monoisotopic (exact) mass is 634 g/mol. The van der Waals surface area contributed by atoms with E-state index in [4.69, 9.17) is 0 Å². The molecular formula is C48H30N2. The summed E-state index contributed by atoms with van der Waals surface area (Å²) in [5, 5.41) is 10.1. The van der Waals surface area contributed by atoms with E-state index in [1.165, 1.54) is 82.1 Å². The number of aromatic nitrogens is 1. The van der Waals surface area contributed by atoms with Gasteiger partial charge in [0, 0.05) is 38.3 Å². The second-order valence-corrected chi connectivity index (χ2v) is 13.3. The molecule has 0 amide bonds. The summed E-state index contributed by atoms with van der Waals surface area (Å²) in [5.74, 6) is 0. The molecule has 0 radical (unpaired) electrons. The Morgan fingerprint density at radius 2 is 0.920 bits per heavy atom. The normalized spacial score (nSPS) is 12.0. The Morgan fingerprint density at radius 3 is 1.64 bits per heavy atom. The number of para-hydroxylation sites is 2. The van der Waals surface area contributed by atoms with Crippen LogP contribution in [-0.4, -0.2) is 4.57 Å². The number of hydrogen-bond acceptors (Lipinski definition) is 1. The lowest BCUT2D eigenvalue weighted by Gasteiger charge is -2.27. The first-order valence-electron chi connectivity index (χ1n) is 17.3. The first-order valence-corrected chi connectivity index (χ1v) is 17.3. The van der Waals surface area contributed by atoms with Crippen molar-refractivity contribution in [3.05, 3.63) is 182 Å². The zero-order chi connectivity index (χ0) is 32.8. The highest BCUT2D eigenvalue weighted by molar-refractivity contribution is 6.32. The maximum Gasteiger partial charge on any atom is 0.0548 e. The summed E-state index contributed by atoms with van der Waals surface area (Å²) in [6, 6.07) is 66.8. The van der Waals surface area contributed by atoms with E-state index in [-0.39, 0.29) is 0 Å². The van der Waals surface area contributed by atoms with Crippen LogP contribution in [0.4, 0.5) is 17.1 Å². The van der Waals surface area contributed by atoms with Crippen LogP contribution in [0.5, 0.6) is 0 Å². The van der Waals surface area contributed by atoms with E-state index in [1.54, 1.807) is 0 Å². The number of rotatable bonds is 4. The Labute approximate surface area is 289 Å². The van der Waals surface area contributed by atoms with Gasteiger partial charge >= 0.3 is 0 Å². The molecule has 1 aliphatic carbocycles. The molecule has 2 nitrogen and oxygen atoms in total. The van der Waals surface area contributed by atoms with Crippen molar-refractivity contribution < 1.29 is 0 Å². The SMILES string of the molecule is c1ccc(N(c2ccccc2)c2ccc3c4c2ccc2c4c4c(cccc4n2-c2cccc4ccccc24)-c2cc4ccccc4cc2-3)cc1. The smallest absolute Gasteiger partial charge is 0.0548 e. The first kappa shape index (κ1) is 27.3. The highest BCUT2D eigenvalue weighted by atomic mass is 15.1. The molecule has 0 spiro atoms. The molecule has 50 heavy (non-hydrogen) atoms. The van der Waals surface area contributed by atoms with E-state index in [1.807, 2.05) is 0 Å². The average Bonchev–Trinajstić information content (AvgIpc) is 3.47. The topological polar surface area (TPSA) is 8.17 Å². The molecule has 0 saturated heterocycles. The van der Waals surface area contributed by atoms with Crippen LogP contribution >= 0.6 is 0 Å². The molecule has 1 aromatic heterocycles. The molecule has 11 rings (SSSR count). The highest BCUT2D eigenvalue weighted by Gasteiger charge is 2.27. The van der Waals surface area contributed by atoms with Gasteiger partial charge in [-0.05, 0) is 99.1 Å². The third kappa shape index (κ3) is 3.79. The predicted octanol–water partition coefficient (Wildman–Crippen LogP) is 13.4. The summed E-state index contributed by atoms with van der Waals surface area (Å²) >= 11 is 0. The number of anilines is 3. The maximum absolute atomic E-state index is 2.50. The van der Waals surface area contributed by atoms with Crippen molar-refractivity contribution >= 4 is 71.2 Å². The average molecular weight is 635 g/mol. The van der Waals surface area contributed by atoms with Crippen LogP contribution < -0.4 is 4.90 Å². The van der Waals surface area contributed by atoms with Crippen LogP contribution in [0.25, 0.3) is 82.1 Å². The maximum atomic E-state index is 2.50. The first-order chi connectivity index (χ1) is 24.8. The van der Waals surface area contributed by atoms with Gasteiger partial charge in [0.1, 0.15) is 0 Å². The molecule has 10 aromatic rings. The second-order valence-electron chi connectivity index (χ2n) is 13.3. The number of nitrogens with zero attached hydrogens (tertiary/aromatic N) is 2. The standard InChI is InChI=1S/C48H30N2/c1-3-17-34(18-4-1)49(35-19-5-2-6-20-35)43-27-25-38-41-30-33-15-8-7-14-32(33)29-40(41)37-22-12-24-44-47(37)48-45(28-26-39(43)46(38)48)50(44)42-23-11-16-31-13-9-10-21-36(31)42/h1-30H. The minimum atomic E-state index is 1.13. The van der Waals surface area contributed by atoms with Gasteiger partial charge in [-0.1, -0.05) is 121 Å². The lowest BCUT2D eigenvalue weighted by molar-refractivity contribution is 1.20. The molecule has 0 fully saturated rings. The summed E-state index contributed by atoms with van der Waals surface area (Å²) in [4.78, 5) is 2.40. The lowest BCUT2D eigenvalue weighted by atomic mass is 9.90. The second kappa shape index (κ2) is 10.4. The Kier molecular flexibility index (Phi) is 5.70. The molecule has 0 unspecified atom stereocenters. The molecule has 232 valence electrons. The molecule has 0 saturated carbocycles. The Hall–Kier alpha value is -6.64. The minimum absolute atomic E-state index is 1.13. The van der Waals surface area contributed by atoms with Crippen LogP contribution in [0.15, 0.2) is 182 Å². The van der Waals surface area contributed by atoms with Crippen molar-refractivity contribution in [3.63, 3.8) is 0 Å². The summed E-state index contributed by atoms with van der Waals surface area (Å²) in [7, 11) is 0. The van der Waals surface area contributed by atoms with Gasteiger partial charge in [0.25, 0.3) is 0 Å². The quantitative estimate of drug-likeness (QED) is 0.187. The van der Waals surface area contributed by atoms with E-state index in [9.17, 15) is 0 Å². The predicted molar refractivity (Wildman–Crippen MR) is 212 cm³/mol. The fraction of sp³-hybridized carbons (Fsp3) is 0. The molecule has 0 aliphatic heterocycles. The van der Waals surface area contributed by atoms with Crippen molar-refractivity contribution in [3.8, 4) is 27.9 Å². The number of hydrogen-bond donors (Lipinski definition) is 0. The van der Waals surface area contributed by atoms with Gasteiger partial charge in [0.15, 0.2) is 0 Å². The molecule has 0 atom stereocenters. The van der Waals surface area contributed by atoms with Crippen LogP contribution in [0.3, 0.4) is 0 Å². The van der Waals surface area contributed by atoms with Crippen LogP contribution in [0, 0.1) is 0 Å². The largest absolute Gasteiger partial charge is 0.310 e. The van der Waals surface area contributed by atoms with E-state index >= 15 is 0 Å². The Balaban J connectivity index is 1.34. The summed E-state index contributed by atoms with van der Waals surface area (Å²) < 4.78 is 2.50. The summed E-state index contributed by atoms with van der Waals surface area (Å²) in [6.45, 7) is 0. The summed E-state index contributed by atoms with van der Waals surface area (Å²) in [6.07, 6.45) is 0. The fourth-order valence-corrected chi connectivity index (χ4v) is 8.55. The van der Waals surface area contributed by atoms with Gasteiger partial charge in [-0.3, -0.25) is 0 Å². The van der Waals surface area contributed by atoms with Gasteiger partial charge in [-0.2, -0.15) is 0 Å². The number of fused-ring (bicyclic) bond motifs is 5. The lowest BCUT2D eigenvalue weighted by Crippen LogP contribution is -2.10. The van der Waals surface area contributed by atoms with Crippen molar-refractivity contribution in [1.82, 2.24) is 4.57 Å². The molecule has 9 aromatic carbocycles. The van der Waals surface area contributed by atoms with Crippen LogP contribution in [-0.2, 0) is 0 Å². The van der Waals surface area contributed by atoms with E-state index in [0.29, 0.717) is 0 Å². The van der Waals surface area contributed by atoms with E-state index < -0.39 is 0 Å². The van der Waals surface area contributed by atoms with Gasteiger partial charge in [-0.15, -0.1) is 0 Å². The highest BCUT2D eigenvalue weighted by Crippen LogP contribution is 2.53. The van der Waals surface area contributed by atoms with Crippen molar-refractivity contribution in [2.75, 3.05) is 4.90 Å². The fourth-order valence-electron chi connectivity index (χ4n) is 8.55. The van der Waals surface area contributed by atoms with E-state index in [0.717, 1.165) is 17.1 Å². The van der Waals surface area contributed by atoms with Crippen LogP contribution in [0.1, 0.15) is 0 Å². The van der Waals surface area contributed by atoms with Gasteiger partial charge in [0.05, 0.1) is 22.4 Å². The molecule has 1 heterocycles. The minimum Gasteiger partial charge on any atom is -0.310 e.